The van der Waals surface area contributed by atoms with E-state index < -0.39 is 12.0 Å². The summed E-state index contributed by atoms with van der Waals surface area (Å²) in [6.07, 6.45) is 2.32. The molecule has 1 aromatic rings. The predicted octanol–water partition coefficient (Wildman–Crippen LogP) is 1.36. The number of rotatable bonds is 5. The van der Waals surface area contributed by atoms with Crippen LogP contribution in [-0.2, 0) is 17.6 Å². The van der Waals surface area contributed by atoms with Gasteiger partial charge < -0.3 is 10.8 Å². The Morgan fingerprint density at radius 2 is 2.33 bits per heavy atom. The predicted molar refractivity (Wildman–Crippen MR) is 60.2 cm³/mol. The lowest BCUT2D eigenvalue weighted by molar-refractivity contribution is -0.138. The number of carboxylic acids is 1. The lowest BCUT2D eigenvalue weighted by Gasteiger charge is -2.01. The first-order valence-electron chi connectivity index (χ1n) is 4.98. The molecule has 0 spiro atoms. The molecular weight excluding hydrogens is 212 g/mol. The molecule has 1 unspecified atom stereocenters. The number of carbonyl (C=O) groups is 1. The number of thiazole rings is 1. The Morgan fingerprint density at radius 3 is 2.87 bits per heavy atom. The second-order valence-electron chi connectivity index (χ2n) is 3.51. The van der Waals surface area contributed by atoms with Crippen molar-refractivity contribution in [2.75, 3.05) is 0 Å². The summed E-state index contributed by atoms with van der Waals surface area (Å²) in [4.78, 5) is 16.1. The third-order valence-corrected chi connectivity index (χ3v) is 3.17. The molecule has 1 aromatic heterocycles. The number of nitrogens with zero attached hydrogens (tertiary/aromatic N) is 1. The lowest BCUT2D eigenvalue weighted by atomic mass is 10.2. The second kappa shape index (κ2) is 5.23. The van der Waals surface area contributed by atoms with Crippen LogP contribution in [-0.4, -0.2) is 22.1 Å². The number of aromatic nitrogens is 1. The number of aliphatic carboxylic acids is 1. The maximum atomic E-state index is 10.6. The standard InChI is InChI=1S/C10H16N2O2S/c1-3-4-8-6(2)15-9(12-8)5-7(11)10(13)14/h7H,3-5,11H2,1-2H3,(H,13,14). The van der Waals surface area contributed by atoms with E-state index >= 15 is 0 Å². The zero-order valence-corrected chi connectivity index (χ0v) is 9.80. The highest BCUT2D eigenvalue weighted by atomic mass is 32.1. The number of hydrogen-bond acceptors (Lipinski definition) is 4. The van der Waals surface area contributed by atoms with Gasteiger partial charge >= 0.3 is 5.97 Å². The molecule has 3 N–H and O–H groups in total. The third-order valence-electron chi connectivity index (χ3n) is 2.14. The van der Waals surface area contributed by atoms with Crippen LogP contribution in [0.3, 0.4) is 0 Å². The van der Waals surface area contributed by atoms with E-state index in [4.69, 9.17) is 10.8 Å². The highest BCUT2D eigenvalue weighted by Crippen LogP contribution is 2.19. The lowest BCUT2D eigenvalue weighted by Crippen LogP contribution is -2.32. The van der Waals surface area contributed by atoms with E-state index in [2.05, 4.69) is 11.9 Å². The van der Waals surface area contributed by atoms with Crippen molar-refractivity contribution >= 4 is 17.3 Å². The van der Waals surface area contributed by atoms with Gasteiger partial charge in [-0.3, -0.25) is 4.79 Å². The van der Waals surface area contributed by atoms with Crippen molar-refractivity contribution in [1.82, 2.24) is 4.98 Å². The first-order chi connectivity index (χ1) is 7.04. The molecule has 1 atom stereocenters. The Kier molecular flexibility index (Phi) is 4.23. The molecule has 15 heavy (non-hydrogen) atoms. The average molecular weight is 228 g/mol. The zero-order valence-electron chi connectivity index (χ0n) is 8.99. The smallest absolute Gasteiger partial charge is 0.320 e. The molecule has 0 amide bonds. The average Bonchev–Trinajstić information content (AvgIpc) is 2.47. The van der Waals surface area contributed by atoms with Gasteiger partial charge in [0.15, 0.2) is 0 Å². The SMILES string of the molecule is CCCc1nc(CC(N)C(=O)O)sc1C. The summed E-state index contributed by atoms with van der Waals surface area (Å²) in [5.74, 6) is -0.972. The minimum atomic E-state index is -0.972. The van der Waals surface area contributed by atoms with Crippen molar-refractivity contribution < 1.29 is 9.90 Å². The summed E-state index contributed by atoms with van der Waals surface area (Å²) in [7, 11) is 0. The van der Waals surface area contributed by atoms with Crippen LogP contribution >= 0.6 is 11.3 Å². The third kappa shape index (κ3) is 3.28. The van der Waals surface area contributed by atoms with Gasteiger partial charge in [-0.1, -0.05) is 13.3 Å². The van der Waals surface area contributed by atoms with Gasteiger partial charge in [0.2, 0.25) is 0 Å². The van der Waals surface area contributed by atoms with E-state index in [9.17, 15) is 4.79 Å². The van der Waals surface area contributed by atoms with Crippen molar-refractivity contribution in [2.45, 2.75) is 39.2 Å². The van der Waals surface area contributed by atoms with Gasteiger partial charge in [-0.2, -0.15) is 0 Å². The van der Waals surface area contributed by atoms with Crippen molar-refractivity contribution in [3.8, 4) is 0 Å². The quantitative estimate of drug-likeness (QED) is 0.797. The van der Waals surface area contributed by atoms with Crippen LogP contribution in [0.4, 0.5) is 0 Å². The van der Waals surface area contributed by atoms with Crippen LogP contribution in [0.15, 0.2) is 0 Å². The van der Waals surface area contributed by atoms with Gasteiger partial charge in [0, 0.05) is 11.3 Å². The minimum absolute atomic E-state index is 0.324. The van der Waals surface area contributed by atoms with E-state index in [1.165, 1.54) is 4.88 Å². The van der Waals surface area contributed by atoms with Crippen LogP contribution in [0.25, 0.3) is 0 Å². The molecule has 0 aliphatic rings. The van der Waals surface area contributed by atoms with Gasteiger partial charge in [0.05, 0.1) is 10.7 Å². The molecule has 0 saturated carbocycles. The first kappa shape index (κ1) is 12.1. The number of aryl methyl sites for hydroxylation is 2. The monoisotopic (exact) mass is 228 g/mol. The molecular formula is C10H16N2O2S. The zero-order chi connectivity index (χ0) is 11.4. The van der Waals surface area contributed by atoms with E-state index in [1.807, 2.05) is 6.92 Å². The fourth-order valence-electron chi connectivity index (χ4n) is 1.32. The maximum Gasteiger partial charge on any atom is 0.320 e. The van der Waals surface area contributed by atoms with Crippen LogP contribution in [0.2, 0.25) is 0 Å². The van der Waals surface area contributed by atoms with E-state index in [0.29, 0.717) is 6.42 Å². The van der Waals surface area contributed by atoms with E-state index in [-0.39, 0.29) is 0 Å². The molecule has 0 bridgehead atoms. The van der Waals surface area contributed by atoms with Crippen LogP contribution in [0, 0.1) is 6.92 Å². The molecule has 0 aliphatic carbocycles. The second-order valence-corrected chi connectivity index (χ2v) is 4.80. The molecule has 0 aliphatic heterocycles. The Balaban J connectivity index is 2.70. The normalized spacial score (nSPS) is 12.7. The fourth-order valence-corrected chi connectivity index (χ4v) is 2.36. The van der Waals surface area contributed by atoms with Gasteiger partial charge in [0.1, 0.15) is 6.04 Å². The highest BCUT2D eigenvalue weighted by Gasteiger charge is 2.15. The first-order valence-corrected chi connectivity index (χ1v) is 5.79. The summed E-state index contributed by atoms with van der Waals surface area (Å²) in [5.41, 5.74) is 6.53. The Hall–Kier alpha value is -0.940. The highest BCUT2D eigenvalue weighted by molar-refractivity contribution is 7.11. The molecule has 0 fully saturated rings. The topological polar surface area (TPSA) is 76.2 Å². The maximum absolute atomic E-state index is 10.6. The van der Waals surface area contributed by atoms with Crippen molar-refractivity contribution in [2.24, 2.45) is 5.73 Å². The molecule has 0 aromatic carbocycles. The van der Waals surface area contributed by atoms with Gasteiger partial charge in [0.25, 0.3) is 0 Å². The Morgan fingerprint density at radius 1 is 1.67 bits per heavy atom. The van der Waals surface area contributed by atoms with Gasteiger partial charge in [-0.25, -0.2) is 4.98 Å². The summed E-state index contributed by atoms with van der Waals surface area (Å²) < 4.78 is 0. The molecule has 0 radical (unpaired) electrons. The summed E-state index contributed by atoms with van der Waals surface area (Å²) in [5, 5.41) is 9.50. The van der Waals surface area contributed by atoms with Crippen LogP contribution < -0.4 is 5.73 Å². The van der Waals surface area contributed by atoms with Crippen LogP contribution in [0.5, 0.6) is 0 Å². The number of hydrogen-bond donors (Lipinski definition) is 2. The molecule has 1 rings (SSSR count). The van der Waals surface area contributed by atoms with Crippen molar-refractivity contribution in [3.05, 3.63) is 15.6 Å². The van der Waals surface area contributed by atoms with Crippen molar-refractivity contribution in [1.29, 1.82) is 0 Å². The van der Waals surface area contributed by atoms with Gasteiger partial charge in [-0.05, 0) is 13.3 Å². The summed E-state index contributed by atoms with van der Waals surface area (Å²) in [6.45, 7) is 4.11. The van der Waals surface area contributed by atoms with E-state index in [0.717, 1.165) is 23.5 Å². The van der Waals surface area contributed by atoms with Gasteiger partial charge in [-0.15, -0.1) is 11.3 Å². The minimum Gasteiger partial charge on any atom is -0.480 e. The molecule has 84 valence electrons. The summed E-state index contributed by atoms with van der Waals surface area (Å²) in [6, 6.07) is -0.843. The molecule has 5 heteroatoms. The largest absolute Gasteiger partial charge is 0.480 e. The summed E-state index contributed by atoms with van der Waals surface area (Å²) >= 11 is 1.55. The number of nitrogens with two attached hydrogens (primary N) is 1. The molecule has 1 heterocycles. The molecule has 0 saturated heterocycles. The Bertz CT molecular complexity index is 349. The Labute approximate surface area is 93.1 Å². The van der Waals surface area contributed by atoms with Crippen molar-refractivity contribution in [3.63, 3.8) is 0 Å². The molecule has 4 nitrogen and oxygen atoms in total. The fraction of sp³-hybridized carbons (Fsp3) is 0.600. The van der Waals surface area contributed by atoms with E-state index in [1.54, 1.807) is 11.3 Å². The number of carboxylic acid groups (broad SMARTS) is 1. The van der Waals surface area contributed by atoms with Crippen LogP contribution in [0.1, 0.15) is 28.9 Å².